The minimum absolute atomic E-state index is 0.282. The molecule has 4 nitrogen and oxygen atoms in total. The fourth-order valence-electron chi connectivity index (χ4n) is 3.39. The molecule has 31 heavy (non-hydrogen) atoms. The summed E-state index contributed by atoms with van der Waals surface area (Å²) in [4.78, 5) is 17.7. The Kier molecular flexibility index (Phi) is 6.40. The molecule has 0 aliphatic carbocycles. The molecule has 4 rings (SSSR count). The van der Waals surface area contributed by atoms with Gasteiger partial charge in [-0.05, 0) is 42.8 Å². The first-order valence-corrected chi connectivity index (χ1v) is 10.7. The van der Waals surface area contributed by atoms with Gasteiger partial charge in [0.2, 0.25) is 0 Å². The van der Waals surface area contributed by atoms with E-state index in [1.54, 1.807) is 42.5 Å². The van der Waals surface area contributed by atoms with Gasteiger partial charge in [-0.25, -0.2) is 9.78 Å². The number of nitrogens with zero attached hydrogens (tertiary/aromatic N) is 2. The molecule has 0 atom stereocenters. The first-order chi connectivity index (χ1) is 15.1. The van der Waals surface area contributed by atoms with E-state index in [-0.39, 0.29) is 5.56 Å². The third-order valence-electron chi connectivity index (χ3n) is 4.83. The summed E-state index contributed by atoms with van der Waals surface area (Å²) in [7, 11) is 0. The summed E-state index contributed by atoms with van der Waals surface area (Å²) in [5, 5.41) is 0.795. The van der Waals surface area contributed by atoms with Crippen molar-refractivity contribution < 1.29 is 9.53 Å². The van der Waals surface area contributed by atoms with Crippen LogP contribution in [0.5, 0.6) is 0 Å². The molecule has 0 fully saturated rings. The van der Waals surface area contributed by atoms with Gasteiger partial charge in [0.15, 0.2) is 0 Å². The van der Waals surface area contributed by atoms with Crippen LogP contribution in [0, 0.1) is 0 Å². The van der Waals surface area contributed by atoms with E-state index in [1.165, 1.54) is 0 Å². The number of esters is 1. The minimum atomic E-state index is -0.560. The van der Waals surface area contributed by atoms with E-state index in [2.05, 4.69) is 11.5 Å². The molecule has 0 aliphatic heterocycles. The maximum atomic E-state index is 12.9. The molecular formula is C25H20Cl2N2O2. The lowest BCUT2D eigenvalue weighted by Crippen LogP contribution is -2.07. The molecule has 0 N–H and O–H groups in total. The Morgan fingerprint density at radius 3 is 2.23 bits per heavy atom. The maximum absolute atomic E-state index is 12.9. The maximum Gasteiger partial charge on any atom is 0.345 e. The van der Waals surface area contributed by atoms with Crippen molar-refractivity contribution in [1.29, 1.82) is 0 Å². The molecule has 0 unspecified atom stereocenters. The summed E-state index contributed by atoms with van der Waals surface area (Å²) in [6.07, 6.45) is 2.69. The summed E-state index contributed by atoms with van der Waals surface area (Å²) >= 11 is 12.6. The second kappa shape index (κ2) is 9.38. The summed E-state index contributed by atoms with van der Waals surface area (Å²) in [5.74, 6) is 0.433. The SMILES string of the molecule is CCCn1c(/C=C(/OC(=O)c2ccccc2Cl)c2ccccc2Cl)nc2ccccc21. The number of fused-ring (bicyclic) bond motifs is 1. The fraction of sp³-hybridized carbons (Fsp3) is 0.120. The van der Waals surface area contributed by atoms with Gasteiger partial charge in [0.25, 0.3) is 0 Å². The Bertz CT molecular complexity index is 1280. The lowest BCUT2D eigenvalue weighted by molar-refractivity contribution is 0.0694. The third kappa shape index (κ3) is 4.50. The molecule has 156 valence electrons. The van der Waals surface area contributed by atoms with Crippen LogP contribution in [0.2, 0.25) is 10.0 Å². The zero-order valence-electron chi connectivity index (χ0n) is 16.9. The number of aryl methyl sites for hydroxylation is 1. The predicted octanol–water partition coefficient (Wildman–Crippen LogP) is 7.11. The zero-order valence-corrected chi connectivity index (χ0v) is 18.4. The van der Waals surface area contributed by atoms with E-state index in [0.717, 1.165) is 24.0 Å². The van der Waals surface area contributed by atoms with Gasteiger partial charge in [0.05, 0.1) is 26.6 Å². The number of carbonyl (C=O) groups is 1. The molecule has 1 heterocycles. The molecule has 0 radical (unpaired) electrons. The lowest BCUT2D eigenvalue weighted by Gasteiger charge is -2.12. The average Bonchev–Trinajstić information content (AvgIpc) is 3.11. The first kappa shape index (κ1) is 21.2. The molecular weight excluding hydrogens is 431 g/mol. The quantitative estimate of drug-likeness (QED) is 0.232. The van der Waals surface area contributed by atoms with Crippen LogP contribution < -0.4 is 0 Å². The van der Waals surface area contributed by atoms with Crippen molar-refractivity contribution in [3.8, 4) is 0 Å². The van der Waals surface area contributed by atoms with Crippen LogP contribution in [0.1, 0.15) is 35.1 Å². The Balaban J connectivity index is 1.84. The summed E-state index contributed by atoms with van der Waals surface area (Å²) < 4.78 is 7.92. The van der Waals surface area contributed by atoms with Crippen LogP contribution in [0.25, 0.3) is 22.9 Å². The predicted molar refractivity (Wildman–Crippen MR) is 126 cm³/mol. The third-order valence-corrected chi connectivity index (χ3v) is 5.49. The topological polar surface area (TPSA) is 44.1 Å². The van der Waals surface area contributed by atoms with Crippen molar-refractivity contribution in [3.05, 3.63) is 99.8 Å². The highest BCUT2D eigenvalue weighted by Gasteiger charge is 2.18. The average molecular weight is 451 g/mol. The van der Waals surface area contributed by atoms with Crippen LogP contribution in [0.15, 0.2) is 72.8 Å². The van der Waals surface area contributed by atoms with Gasteiger partial charge in [0, 0.05) is 18.2 Å². The van der Waals surface area contributed by atoms with E-state index in [0.29, 0.717) is 27.2 Å². The van der Waals surface area contributed by atoms with E-state index in [4.69, 9.17) is 32.9 Å². The Labute approximate surface area is 190 Å². The highest BCUT2D eigenvalue weighted by atomic mass is 35.5. The van der Waals surface area contributed by atoms with E-state index >= 15 is 0 Å². The number of ether oxygens (including phenoxy) is 1. The number of para-hydroxylation sites is 2. The molecule has 0 saturated carbocycles. The molecule has 0 amide bonds. The molecule has 6 heteroatoms. The normalized spacial score (nSPS) is 11.6. The number of imidazole rings is 1. The number of aromatic nitrogens is 2. The summed E-state index contributed by atoms with van der Waals surface area (Å²) in [6.45, 7) is 2.88. The van der Waals surface area contributed by atoms with E-state index < -0.39 is 5.97 Å². The number of benzene rings is 3. The molecule has 0 aliphatic rings. The van der Waals surface area contributed by atoms with Crippen molar-refractivity contribution in [3.63, 3.8) is 0 Å². The lowest BCUT2D eigenvalue weighted by atomic mass is 10.1. The van der Waals surface area contributed by atoms with Gasteiger partial charge in [-0.2, -0.15) is 0 Å². The fourth-order valence-corrected chi connectivity index (χ4v) is 3.83. The van der Waals surface area contributed by atoms with Gasteiger partial charge in [-0.3, -0.25) is 0 Å². The molecule has 0 saturated heterocycles. The van der Waals surface area contributed by atoms with Crippen LogP contribution in [0.4, 0.5) is 0 Å². The van der Waals surface area contributed by atoms with Gasteiger partial charge in [-0.1, -0.05) is 66.5 Å². The van der Waals surface area contributed by atoms with Gasteiger partial charge >= 0.3 is 5.97 Å². The van der Waals surface area contributed by atoms with Crippen LogP contribution in [-0.2, 0) is 11.3 Å². The van der Waals surface area contributed by atoms with Crippen molar-refractivity contribution in [1.82, 2.24) is 9.55 Å². The van der Waals surface area contributed by atoms with E-state index in [9.17, 15) is 4.79 Å². The number of halogens is 2. The standard InChI is InChI=1S/C25H20Cl2N2O2/c1-2-15-29-22-14-8-7-13-21(22)28-24(29)16-23(17-9-3-5-11-19(17)26)31-25(30)18-10-4-6-12-20(18)27/h3-14,16H,2,15H2,1H3/b23-16+. The largest absolute Gasteiger partial charge is 0.422 e. The van der Waals surface area contributed by atoms with Crippen LogP contribution in [-0.4, -0.2) is 15.5 Å². The minimum Gasteiger partial charge on any atom is -0.422 e. The highest BCUT2D eigenvalue weighted by molar-refractivity contribution is 6.34. The smallest absolute Gasteiger partial charge is 0.345 e. The second-order valence-corrected chi connectivity index (χ2v) is 7.78. The molecule has 3 aromatic carbocycles. The number of hydrogen-bond acceptors (Lipinski definition) is 3. The van der Waals surface area contributed by atoms with Crippen molar-refractivity contribution >= 4 is 52.0 Å². The zero-order chi connectivity index (χ0) is 21.8. The molecule has 0 spiro atoms. The van der Waals surface area contributed by atoms with E-state index in [1.807, 2.05) is 36.4 Å². The van der Waals surface area contributed by atoms with Gasteiger partial charge in [0.1, 0.15) is 11.6 Å². The molecule has 0 bridgehead atoms. The molecule has 1 aromatic heterocycles. The summed E-state index contributed by atoms with van der Waals surface area (Å²) in [6, 6.07) is 21.9. The summed E-state index contributed by atoms with van der Waals surface area (Å²) in [5.41, 5.74) is 2.77. The Morgan fingerprint density at radius 2 is 1.55 bits per heavy atom. The highest BCUT2D eigenvalue weighted by Crippen LogP contribution is 2.29. The van der Waals surface area contributed by atoms with Crippen LogP contribution in [0.3, 0.4) is 0 Å². The van der Waals surface area contributed by atoms with Crippen molar-refractivity contribution in [2.45, 2.75) is 19.9 Å². The Hall–Kier alpha value is -3.08. The molecule has 4 aromatic rings. The number of carbonyl (C=O) groups excluding carboxylic acids is 1. The second-order valence-electron chi connectivity index (χ2n) is 6.97. The Morgan fingerprint density at radius 1 is 0.935 bits per heavy atom. The monoisotopic (exact) mass is 450 g/mol. The number of hydrogen-bond donors (Lipinski definition) is 0. The van der Waals surface area contributed by atoms with Crippen molar-refractivity contribution in [2.75, 3.05) is 0 Å². The van der Waals surface area contributed by atoms with Gasteiger partial charge < -0.3 is 9.30 Å². The van der Waals surface area contributed by atoms with Crippen LogP contribution >= 0.6 is 23.2 Å². The number of rotatable bonds is 6. The first-order valence-electron chi connectivity index (χ1n) is 9.97. The van der Waals surface area contributed by atoms with Crippen molar-refractivity contribution in [2.24, 2.45) is 0 Å². The van der Waals surface area contributed by atoms with Gasteiger partial charge in [-0.15, -0.1) is 0 Å².